The topological polar surface area (TPSA) is 156 Å². The van der Waals surface area contributed by atoms with E-state index >= 15 is 8.78 Å². The minimum atomic E-state index is -4.88. The molecule has 3 fully saturated rings. The SMILES string of the molecule is CC12CC(O)[C@@]3(F)C(C[C@H](F)C4=CC(=O)C=CC43C)C1COC2C(=O)COP(=O)(O)O.Nc1cccc(Cc2ccccc2)c1. The van der Waals surface area contributed by atoms with Crippen molar-refractivity contribution >= 4 is 25.1 Å². The molecule has 12 heteroatoms. The zero-order chi connectivity index (χ0) is 32.8. The van der Waals surface area contributed by atoms with E-state index in [9.17, 15) is 19.3 Å². The van der Waals surface area contributed by atoms with Gasteiger partial charge in [0, 0.05) is 22.4 Å². The second-order valence-corrected chi connectivity index (χ2v) is 14.0. The number of aliphatic hydroxyl groups is 1. The highest BCUT2D eigenvalue weighted by atomic mass is 31.2. The first-order valence-corrected chi connectivity index (χ1v) is 16.3. The normalized spacial score (nSPS) is 35.3. The van der Waals surface area contributed by atoms with Crippen molar-refractivity contribution < 1.29 is 47.1 Å². The standard InChI is InChI=1S/C20H25F2O8P.C13H13N/c1-18-7-16(25)20(22)11(6-14(21)12-5-10(23)3-4-19(12,20)2)13(18)8-29-17(18)15(24)9-30-31(26,27)28;14-13-8-4-7-12(10-13)9-11-5-2-1-3-6-11/h3-5,11,13-14,16-17,25H,6-9H2,1-2H3,(H2,26,27,28);1-8,10H,9,14H2/t11?,13?,14-,16?,17?,18?,19?,20-;/m0./s1. The molecule has 9 nitrogen and oxygen atoms in total. The number of ketones is 2. The lowest BCUT2D eigenvalue weighted by Gasteiger charge is -2.61. The zero-order valence-corrected chi connectivity index (χ0v) is 25.9. The number of nitrogen functional groups attached to an aromatic ring is 1. The molecule has 5 N–H and O–H groups in total. The molecule has 1 saturated heterocycles. The quantitative estimate of drug-likeness (QED) is 0.263. The number of nitrogens with two attached hydrogens (primary N) is 1. The Morgan fingerprint density at radius 3 is 2.47 bits per heavy atom. The number of phosphoric ester groups is 1. The Kier molecular flexibility index (Phi) is 9.09. The number of Topliss-reactive ketones (excluding diaryl/α,β-unsaturated/α-hetero) is 1. The van der Waals surface area contributed by atoms with Crippen LogP contribution in [-0.2, 0) is 29.8 Å². The second kappa shape index (κ2) is 12.3. The van der Waals surface area contributed by atoms with Crippen molar-refractivity contribution in [1.29, 1.82) is 0 Å². The molecule has 6 unspecified atom stereocenters. The number of allylic oxidation sites excluding steroid dienone is 4. The predicted octanol–water partition coefficient (Wildman–Crippen LogP) is 4.45. The first-order chi connectivity index (χ1) is 21.1. The van der Waals surface area contributed by atoms with Crippen LogP contribution in [-0.4, -0.2) is 63.7 Å². The minimum absolute atomic E-state index is 0.00277. The summed E-state index contributed by atoms with van der Waals surface area (Å²) in [4.78, 5) is 42.1. The summed E-state index contributed by atoms with van der Waals surface area (Å²) in [7, 11) is -4.88. The molecular formula is C33H38F2NO8P. The fraction of sp³-hybridized carbons (Fsp3) is 0.455. The van der Waals surface area contributed by atoms with E-state index in [0.29, 0.717) is 0 Å². The third-order valence-corrected chi connectivity index (χ3v) is 10.4. The lowest BCUT2D eigenvalue weighted by Crippen LogP contribution is -2.69. The molecule has 0 amide bonds. The van der Waals surface area contributed by atoms with Crippen LogP contribution in [0.5, 0.6) is 0 Å². The fourth-order valence-corrected chi connectivity index (χ4v) is 8.11. The van der Waals surface area contributed by atoms with Gasteiger partial charge in [-0.15, -0.1) is 0 Å². The number of carbonyl (C=O) groups excluding carboxylic acids is 2. The summed E-state index contributed by atoms with van der Waals surface area (Å²) in [6.07, 6.45) is -0.287. The van der Waals surface area contributed by atoms with Crippen molar-refractivity contribution in [1.82, 2.24) is 0 Å². The Balaban J connectivity index is 0.000000238. The number of alkyl halides is 2. The highest BCUT2D eigenvalue weighted by Gasteiger charge is 2.72. The van der Waals surface area contributed by atoms with E-state index in [1.54, 1.807) is 6.92 Å². The van der Waals surface area contributed by atoms with E-state index in [1.807, 2.05) is 24.3 Å². The molecular weight excluding hydrogens is 607 g/mol. The molecule has 0 spiro atoms. The van der Waals surface area contributed by atoms with Crippen LogP contribution in [0.15, 0.2) is 78.4 Å². The van der Waals surface area contributed by atoms with E-state index < -0.39 is 72.7 Å². The van der Waals surface area contributed by atoms with Crippen LogP contribution >= 0.6 is 7.82 Å². The summed E-state index contributed by atoms with van der Waals surface area (Å²) >= 11 is 0. The van der Waals surface area contributed by atoms with E-state index in [0.717, 1.165) is 18.2 Å². The molecule has 0 radical (unpaired) electrons. The number of halogens is 2. The molecule has 2 aromatic carbocycles. The van der Waals surface area contributed by atoms with Crippen LogP contribution in [0.4, 0.5) is 14.5 Å². The first-order valence-electron chi connectivity index (χ1n) is 14.8. The largest absolute Gasteiger partial charge is 0.470 e. The third kappa shape index (κ3) is 6.22. The van der Waals surface area contributed by atoms with Gasteiger partial charge in [-0.1, -0.05) is 55.5 Å². The Bertz CT molecular complexity index is 1560. The van der Waals surface area contributed by atoms with Gasteiger partial charge >= 0.3 is 7.82 Å². The van der Waals surface area contributed by atoms with Crippen molar-refractivity contribution in [2.45, 2.75) is 57.2 Å². The van der Waals surface area contributed by atoms with E-state index in [4.69, 9.17) is 20.3 Å². The van der Waals surface area contributed by atoms with Gasteiger partial charge in [0.25, 0.3) is 0 Å². The molecule has 2 aromatic rings. The van der Waals surface area contributed by atoms with Crippen LogP contribution in [0, 0.1) is 22.7 Å². The van der Waals surface area contributed by atoms with Gasteiger partial charge in [-0.2, -0.15) is 0 Å². The summed E-state index contributed by atoms with van der Waals surface area (Å²) in [5.41, 5.74) is 4.22. The number of benzene rings is 2. The minimum Gasteiger partial charge on any atom is -0.399 e. The average Bonchev–Trinajstić information content (AvgIpc) is 3.31. The third-order valence-electron chi connectivity index (χ3n) is 9.97. The number of fused-ring (bicyclic) bond motifs is 5. The number of carbonyl (C=O) groups is 2. The number of anilines is 1. The van der Waals surface area contributed by atoms with Gasteiger partial charge in [0.1, 0.15) is 18.9 Å². The fourth-order valence-electron chi connectivity index (χ4n) is 7.81. The van der Waals surface area contributed by atoms with Crippen LogP contribution < -0.4 is 5.73 Å². The Morgan fingerprint density at radius 1 is 1.11 bits per heavy atom. The number of hydrogen-bond donors (Lipinski definition) is 4. The lowest BCUT2D eigenvalue weighted by atomic mass is 9.45. The molecule has 4 aliphatic rings. The molecule has 0 bridgehead atoms. The van der Waals surface area contributed by atoms with Crippen molar-refractivity contribution in [3.63, 3.8) is 0 Å². The molecule has 242 valence electrons. The summed E-state index contributed by atoms with van der Waals surface area (Å²) in [5, 5.41) is 11.0. The summed E-state index contributed by atoms with van der Waals surface area (Å²) < 4.78 is 52.8. The maximum absolute atomic E-state index is 16.8. The smallest absolute Gasteiger partial charge is 0.399 e. The monoisotopic (exact) mass is 645 g/mol. The summed E-state index contributed by atoms with van der Waals surface area (Å²) in [6, 6.07) is 18.4. The molecule has 8 atom stereocenters. The molecule has 3 aliphatic carbocycles. The number of aliphatic hydroxyl groups excluding tert-OH is 1. The van der Waals surface area contributed by atoms with Crippen LogP contribution in [0.1, 0.15) is 37.8 Å². The van der Waals surface area contributed by atoms with Crippen molar-refractivity contribution in [2.24, 2.45) is 22.7 Å². The van der Waals surface area contributed by atoms with Gasteiger partial charge in [-0.25, -0.2) is 13.3 Å². The van der Waals surface area contributed by atoms with Gasteiger partial charge < -0.3 is 25.4 Å². The first kappa shape index (κ1) is 33.3. The summed E-state index contributed by atoms with van der Waals surface area (Å²) in [5.74, 6) is -2.81. The summed E-state index contributed by atoms with van der Waals surface area (Å²) in [6.45, 7) is 2.13. The Morgan fingerprint density at radius 2 is 1.80 bits per heavy atom. The zero-order valence-electron chi connectivity index (χ0n) is 25.0. The van der Waals surface area contributed by atoms with Crippen molar-refractivity contribution in [2.75, 3.05) is 18.9 Å². The molecule has 1 aliphatic heterocycles. The second-order valence-electron chi connectivity index (χ2n) is 12.8. The van der Waals surface area contributed by atoms with E-state index in [2.05, 4.69) is 34.9 Å². The number of rotatable bonds is 6. The maximum Gasteiger partial charge on any atom is 0.470 e. The predicted molar refractivity (Wildman–Crippen MR) is 162 cm³/mol. The molecule has 1 heterocycles. The van der Waals surface area contributed by atoms with Gasteiger partial charge in [-0.3, -0.25) is 14.1 Å². The van der Waals surface area contributed by atoms with E-state index in [-0.39, 0.29) is 25.0 Å². The molecule has 6 rings (SSSR count). The van der Waals surface area contributed by atoms with Gasteiger partial charge in [0.2, 0.25) is 0 Å². The lowest BCUT2D eigenvalue weighted by molar-refractivity contribution is -0.196. The highest BCUT2D eigenvalue weighted by Crippen LogP contribution is 2.67. The van der Waals surface area contributed by atoms with Crippen molar-refractivity contribution in [3.05, 3.63) is 89.5 Å². The van der Waals surface area contributed by atoms with Crippen molar-refractivity contribution in [3.8, 4) is 0 Å². The van der Waals surface area contributed by atoms with Crippen LogP contribution in [0.3, 0.4) is 0 Å². The maximum atomic E-state index is 16.8. The number of hydrogen-bond acceptors (Lipinski definition) is 7. The molecule has 0 aromatic heterocycles. The Hall–Kier alpha value is -3.05. The average molecular weight is 646 g/mol. The van der Waals surface area contributed by atoms with Crippen LogP contribution in [0.25, 0.3) is 0 Å². The van der Waals surface area contributed by atoms with Gasteiger partial charge in [0.05, 0.1) is 12.7 Å². The number of ether oxygens (including phenoxy) is 1. The molecule has 45 heavy (non-hydrogen) atoms. The van der Waals surface area contributed by atoms with Gasteiger partial charge in [0.15, 0.2) is 17.2 Å². The Labute approximate surface area is 260 Å². The number of phosphoric acid groups is 1. The highest BCUT2D eigenvalue weighted by molar-refractivity contribution is 7.46. The van der Waals surface area contributed by atoms with E-state index in [1.165, 1.54) is 30.2 Å². The van der Waals surface area contributed by atoms with Crippen LogP contribution in [0.2, 0.25) is 0 Å². The van der Waals surface area contributed by atoms with Gasteiger partial charge in [-0.05, 0) is 73.1 Å². The molecule has 2 saturated carbocycles.